The Labute approximate surface area is 189 Å². The number of hydrogen-bond acceptors (Lipinski definition) is 2. The third-order valence-electron chi connectivity index (χ3n) is 7.49. The number of rotatable bonds is 6. The van der Waals surface area contributed by atoms with Crippen molar-refractivity contribution in [1.29, 1.82) is 0 Å². The van der Waals surface area contributed by atoms with Crippen molar-refractivity contribution >= 4 is 5.97 Å². The Hall–Kier alpha value is -2.49. The van der Waals surface area contributed by atoms with E-state index in [9.17, 15) is 13.6 Å². The van der Waals surface area contributed by atoms with E-state index in [4.69, 9.17) is 4.74 Å². The molecule has 0 heterocycles. The Bertz CT molecular complexity index is 921. The maximum atomic E-state index is 13.5. The SMILES string of the molecule is C=CC[C@H]1CC[C@H](C2CCC(C(=O)Oc3ccc(-c4ccc(F)c(F)c4)cc3)CC2)CC1. The monoisotopic (exact) mass is 438 g/mol. The van der Waals surface area contributed by atoms with E-state index in [2.05, 4.69) is 12.7 Å². The maximum absolute atomic E-state index is 13.5. The molecule has 4 heteroatoms. The number of esters is 1. The summed E-state index contributed by atoms with van der Waals surface area (Å²) in [5.74, 6) is 0.948. The minimum Gasteiger partial charge on any atom is -0.426 e. The number of benzene rings is 2. The summed E-state index contributed by atoms with van der Waals surface area (Å²) < 4.78 is 32.2. The molecule has 0 N–H and O–H groups in total. The van der Waals surface area contributed by atoms with Gasteiger partial charge in [0.25, 0.3) is 0 Å². The largest absolute Gasteiger partial charge is 0.426 e. The molecule has 0 saturated heterocycles. The summed E-state index contributed by atoms with van der Waals surface area (Å²) >= 11 is 0. The number of allylic oxidation sites excluding steroid dienone is 1. The molecular formula is C28H32F2O2. The second-order valence-corrected chi connectivity index (χ2v) is 9.49. The second-order valence-electron chi connectivity index (χ2n) is 9.49. The number of carbonyl (C=O) groups is 1. The zero-order valence-electron chi connectivity index (χ0n) is 18.6. The zero-order chi connectivity index (χ0) is 22.5. The summed E-state index contributed by atoms with van der Waals surface area (Å²) in [7, 11) is 0. The smallest absolute Gasteiger partial charge is 0.314 e. The van der Waals surface area contributed by atoms with Crippen LogP contribution < -0.4 is 4.74 Å². The van der Waals surface area contributed by atoms with Crippen molar-refractivity contribution in [3.63, 3.8) is 0 Å². The summed E-state index contributed by atoms with van der Waals surface area (Å²) in [5, 5.41) is 0. The topological polar surface area (TPSA) is 26.3 Å². The van der Waals surface area contributed by atoms with Crippen LogP contribution in [0.4, 0.5) is 8.78 Å². The van der Waals surface area contributed by atoms with Crippen molar-refractivity contribution in [2.75, 3.05) is 0 Å². The molecule has 0 spiro atoms. The standard InChI is InChI=1S/C28H32F2O2/c1-2-3-19-4-6-20(7-5-19)21-8-10-23(11-9-21)28(31)32-25-15-12-22(13-16-25)24-14-17-26(29)27(30)18-24/h2,12-21,23H,1,3-11H2/t19-,20-,21?,23?. The minimum atomic E-state index is -0.876. The third kappa shape index (κ3) is 5.46. The summed E-state index contributed by atoms with van der Waals surface area (Å²) in [5.41, 5.74) is 1.32. The van der Waals surface area contributed by atoms with Gasteiger partial charge in [-0.15, -0.1) is 6.58 Å². The molecule has 2 aromatic carbocycles. The molecule has 170 valence electrons. The van der Waals surface area contributed by atoms with E-state index in [0.717, 1.165) is 61.5 Å². The molecule has 2 aromatic rings. The van der Waals surface area contributed by atoms with Crippen molar-refractivity contribution in [3.05, 3.63) is 66.8 Å². The van der Waals surface area contributed by atoms with E-state index >= 15 is 0 Å². The average Bonchev–Trinajstić information content (AvgIpc) is 2.82. The second kappa shape index (κ2) is 10.4. The number of ether oxygens (including phenoxy) is 1. The van der Waals surface area contributed by atoms with Crippen LogP contribution in [-0.2, 0) is 4.79 Å². The van der Waals surface area contributed by atoms with Gasteiger partial charge in [-0.2, -0.15) is 0 Å². The Morgan fingerprint density at radius 2 is 1.44 bits per heavy atom. The van der Waals surface area contributed by atoms with E-state index in [1.165, 1.54) is 37.8 Å². The zero-order valence-corrected chi connectivity index (χ0v) is 18.6. The molecule has 2 fully saturated rings. The highest BCUT2D eigenvalue weighted by atomic mass is 19.2. The van der Waals surface area contributed by atoms with Gasteiger partial charge >= 0.3 is 5.97 Å². The van der Waals surface area contributed by atoms with Gasteiger partial charge in [0.2, 0.25) is 0 Å². The Kier molecular flexibility index (Phi) is 7.39. The Morgan fingerprint density at radius 3 is 2.03 bits per heavy atom. The van der Waals surface area contributed by atoms with Crippen LogP contribution in [0.15, 0.2) is 55.1 Å². The molecule has 0 aliphatic heterocycles. The molecule has 0 aromatic heterocycles. The first-order chi connectivity index (χ1) is 15.5. The van der Waals surface area contributed by atoms with Crippen LogP contribution in [0.3, 0.4) is 0 Å². The fraction of sp³-hybridized carbons (Fsp3) is 0.464. The quantitative estimate of drug-likeness (QED) is 0.262. The number of halogens is 2. The summed E-state index contributed by atoms with van der Waals surface area (Å²) in [4.78, 5) is 12.7. The van der Waals surface area contributed by atoms with Gasteiger partial charge in [0.05, 0.1) is 5.92 Å². The van der Waals surface area contributed by atoms with Gasteiger partial charge in [-0.3, -0.25) is 4.79 Å². The first kappa shape index (κ1) is 22.7. The molecule has 0 amide bonds. The van der Waals surface area contributed by atoms with Crippen molar-refractivity contribution in [2.24, 2.45) is 23.7 Å². The van der Waals surface area contributed by atoms with Gasteiger partial charge in [0.15, 0.2) is 11.6 Å². The summed E-state index contributed by atoms with van der Waals surface area (Å²) in [6.07, 6.45) is 12.5. The van der Waals surface area contributed by atoms with E-state index in [0.29, 0.717) is 11.3 Å². The van der Waals surface area contributed by atoms with E-state index in [1.54, 1.807) is 24.3 Å². The Balaban J connectivity index is 1.26. The maximum Gasteiger partial charge on any atom is 0.314 e. The molecule has 0 radical (unpaired) electrons. The molecular weight excluding hydrogens is 406 g/mol. The highest BCUT2D eigenvalue weighted by molar-refractivity contribution is 5.75. The minimum absolute atomic E-state index is 0.0331. The molecule has 0 atom stereocenters. The van der Waals surface area contributed by atoms with Crippen LogP contribution in [0.2, 0.25) is 0 Å². The van der Waals surface area contributed by atoms with E-state index in [1.807, 2.05) is 0 Å². The molecule has 2 nitrogen and oxygen atoms in total. The lowest BCUT2D eigenvalue weighted by Crippen LogP contribution is -2.30. The normalized spacial score (nSPS) is 25.8. The molecule has 2 aliphatic carbocycles. The molecule has 2 aliphatic rings. The van der Waals surface area contributed by atoms with Crippen molar-refractivity contribution < 1.29 is 18.3 Å². The van der Waals surface area contributed by atoms with Gasteiger partial charge in [0, 0.05) is 0 Å². The number of carbonyl (C=O) groups excluding carboxylic acids is 1. The lowest BCUT2D eigenvalue weighted by atomic mass is 9.69. The lowest BCUT2D eigenvalue weighted by Gasteiger charge is -2.37. The average molecular weight is 439 g/mol. The van der Waals surface area contributed by atoms with Gasteiger partial charge in [-0.05, 0) is 111 Å². The third-order valence-corrected chi connectivity index (χ3v) is 7.49. The lowest BCUT2D eigenvalue weighted by molar-refractivity contribution is -0.140. The molecule has 32 heavy (non-hydrogen) atoms. The molecule has 4 rings (SSSR count). The van der Waals surface area contributed by atoms with E-state index in [-0.39, 0.29) is 11.9 Å². The van der Waals surface area contributed by atoms with Crippen LogP contribution >= 0.6 is 0 Å². The van der Waals surface area contributed by atoms with Gasteiger partial charge < -0.3 is 4.74 Å². The van der Waals surface area contributed by atoms with Crippen molar-refractivity contribution in [3.8, 4) is 16.9 Å². The fourth-order valence-corrected chi connectivity index (χ4v) is 5.55. The molecule has 0 unspecified atom stereocenters. The van der Waals surface area contributed by atoms with Crippen molar-refractivity contribution in [2.45, 2.75) is 57.8 Å². The fourth-order valence-electron chi connectivity index (χ4n) is 5.55. The van der Waals surface area contributed by atoms with Crippen LogP contribution in [0.5, 0.6) is 5.75 Å². The highest BCUT2D eigenvalue weighted by Crippen LogP contribution is 2.42. The highest BCUT2D eigenvalue weighted by Gasteiger charge is 2.33. The van der Waals surface area contributed by atoms with Crippen LogP contribution in [-0.4, -0.2) is 5.97 Å². The predicted octanol–water partition coefficient (Wildman–Crippen LogP) is 7.73. The Morgan fingerprint density at radius 1 is 0.844 bits per heavy atom. The van der Waals surface area contributed by atoms with E-state index < -0.39 is 11.6 Å². The van der Waals surface area contributed by atoms with Crippen LogP contribution in [0, 0.1) is 35.3 Å². The molecule has 0 bridgehead atoms. The van der Waals surface area contributed by atoms with Gasteiger partial charge in [-0.1, -0.05) is 24.3 Å². The van der Waals surface area contributed by atoms with Gasteiger partial charge in [-0.25, -0.2) is 8.78 Å². The van der Waals surface area contributed by atoms with Crippen LogP contribution in [0.1, 0.15) is 57.8 Å². The first-order valence-electron chi connectivity index (χ1n) is 11.9. The summed E-state index contributed by atoms with van der Waals surface area (Å²) in [6.45, 7) is 3.87. The molecule has 2 saturated carbocycles. The first-order valence-corrected chi connectivity index (χ1v) is 11.9. The number of hydrogen-bond donors (Lipinski definition) is 0. The predicted molar refractivity (Wildman–Crippen MR) is 123 cm³/mol. The van der Waals surface area contributed by atoms with Crippen LogP contribution in [0.25, 0.3) is 11.1 Å². The summed E-state index contributed by atoms with van der Waals surface area (Å²) in [6, 6.07) is 10.7. The van der Waals surface area contributed by atoms with Gasteiger partial charge in [0.1, 0.15) is 5.75 Å². The van der Waals surface area contributed by atoms with Crippen molar-refractivity contribution in [1.82, 2.24) is 0 Å².